The number of unbranched alkanes of at least 4 members (excludes halogenated alkanes) is 7. The molecule has 0 saturated heterocycles. The normalized spacial score (nSPS) is 19.5. The van der Waals surface area contributed by atoms with Gasteiger partial charge in [-0.25, -0.2) is 9.79 Å². The van der Waals surface area contributed by atoms with Crippen molar-refractivity contribution in [2.45, 2.75) is 83.3 Å². The second kappa shape index (κ2) is 14.6. The molecule has 0 saturated carbocycles. The third kappa shape index (κ3) is 9.07. The lowest BCUT2D eigenvalue weighted by atomic mass is 9.86. The highest BCUT2D eigenvalue weighted by Crippen LogP contribution is 2.38. The Hall–Kier alpha value is -2.78. The molecule has 0 spiro atoms. The summed E-state index contributed by atoms with van der Waals surface area (Å²) in [6.45, 7) is 8.79. The fourth-order valence-electron chi connectivity index (χ4n) is 4.16. The van der Waals surface area contributed by atoms with Crippen molar-refractivity contribution in [3.63, 3.8) is 0 Å². The van der Waals surface area contributed by atoms with Crippen LogP contribution >= 0.6 is 0 Å². The Morgan fingerprint density at radius 3 is 2.57 bits per heavy atom. The van der Waals surface area contributed by atoms with E-state index in [0.717, 1.165) is 31.4 Å². The van der Waals surface area contributed by atoms with E-state index in [1.807, 2.05) is 26.0 Å². The number of nitrogens with two attached hydrogens (primary N) is 2. The van der Waals surface area contributed by atoms with Crippen LogP contribution in [-0.4, -0.2) is 56.2 Å². The van der Waals surface area contributed by atoms with Gasteiger partial charge in [-0.15, -0.1) is 0 Å². The maximum atomic E-state index is 12.0. The highest BCUT2D eigenvalue weighted by molar-refractivity contribution is 6.15. The van der Waals surface area contributed by atoms with Crippen molar-refractivity contribution in [3.8, 4) is 0 Å². The van der Waals surface area contributed by atoms with Crippen molar-refractivity contribution in [2.75, 3.05) is 19.8 Å². The van der Waals surface area contributed by atoms with Gasteiger partial charge < -0.3 is 20.9 Å². The van der Waals surface area contributed by atoms with Gasteiger partial charge in [0.15, 0.2) is 11.7 Å². The van der Waals surface area contributed by atoms with E-state index in [1.54, 1.807) is 0 Å². The maximum absolute atomic E-state index is 12.0. The number of carbonyl (C=O) groups is 1. The molecule has 35 heavy (non-hydrogen) atoms. The predicted octanol–water partition coefficient (Wildman–Crippen LogP) is 3.51. The first-order valence-corrected chi connectivity index (χ1v) is 12.6. The number of cyclic esters (lactones) is 1. The molecule has 1 aliphatic heterocycles. The van der Waals surface area contributed by atoms with E-state index in [4.69, 9.17) is 26.4 Å². The van der Waals surface area contributed by atoms with Crippen molar-refractivity contribution in [1.29, 1.82) is 5.41 Å². The summed E-state index contributed by atoms with van der Waals surface area (Å²) in [6, 6.07) is 0.0262. The minimum absolute atomic E-state index is 0.0262. The van der Waals surface area contributed by atoms with Crippen LogP contribution < -0.4 is 16.8 Å². The fraction of sp³-hybridized carbons (Fsp3) is 0.615. The van der Waals surface area contributed by atoms with Gasteiger partial charge in [0.25, 0.3) is 0 Å². The van der Waals surface area contributed by atoms with Crippen LogP contribution in [0.15, 0.2) is 44.7 Å². The Morgan fingerprint density at radius 2 is 1.91 bits per heavy atom. The molecule has 0 aromatic rings. The Labute approximate surface area is 209 Å². The number of nitrogens with zero attached hydrogens (tertiary/aromatic N) is 2. The van der Waals surface area contributed by atoms with Gasteiger partial charge >= 0.3 is 5.97 Å². The summed E-state index contributed by atoms with van der Waals surface area (Å²) in [6.07, 6.45) is 15.1. The molecule has 1 atom stereocenters. The van der Waals surface area contributed by atoms with Gasteiger partial charge in [-0.3, -0.25) is 15.7 Å². The van der Waals surface area contributed by atoms with Crippen molar-refractivity contribution in [2.24, 2.45) is 21.5 Å². The van der Waals surface area contributed by atoms with E-state index in [2.05, 4.69) is 22.0 Å². The molecular weight excluding hydrogens is 444 g/mol. The van der Waals surface area contributed by atoms with E-state index in [-0.39, 0.29) is 23.7 Å². The highest BCUT2D eigenvalue weighted by atomic mass is 16.6. The molecule has 2 aliphatic rings. The maximum Gasteiger partial charge on any atom is 0.339 e. The molecule has 1 heterocycles. The van der Waals surface area contributed by atoms with Crippen LogP contribution in [0.25, 0.3) is 0 Å². The first kappa shape index (κ1) is 28.5. The molecule has 0 bridgehead atoms. The SMILES string of the molecule is C=NC(=N)C(/C=N\CNC1C=CC2=C(C1)C(C)(C)OC2=O)=C(\N)OCCCCCCCCCCN. The molecule has 194 valence electrons. The van der Waals surface area contributed by atoms with E-state index >= 15 is 0 Å². The standard InChI is InChI=1S/C26H42N6O3/c1-26(2)22-16-19(12-13-20(22)25(33)35-26)32-18-31-17-21(23(28)30-3)24(29)34-15-11-9-7-5-4-6-8-10-14-27/h12-13,17,19,28,32H,3-11,14-16,18,27,29H2,1-2H3/b24-21+,28-23?,31-17-. The van der Waals surface area contributed by atoms with Gasteiger partial charge in [0, 0.05) is 12.3 Å². The lowest BCUT2D eigenvalue weighted by molar-refractivity contribution is -0.144. The number of esters is 1. The van der Waals surface area contributed by atoms with Crippen LogP contribution in [-0.2, 0) is 14.3 Å². The number of hydrogen-bond acceptors (Lipinski definition) is 8. The number of rotatable bonds is 16. The van der Waals surface area contributed by atoms with E-state index in [0.29, 0.717) is 30.8 Å². The largest absolute Gasteiger partial charge is 0.479 e. The second-order valence-corrected chi connectivity index (χ2v) is 9.39. The third-order valence-electron chi connectivity index (χ3n) is 6.24. The average molecular weight is 487 g/mol. The number of hydrogen-bond donors (Lipinski definition) is 4. The molecule has 0 fully saturated rings. The molecule has 0 aromatic carbocycles. The van der Waals surface area contributed by atoms with E-state index in [1.165, 1.54) is 38.3 Å². The van der Waals surface area contributed by atoms with Crippen LogP contribution in [0.1, 0.15) is 71.6 Å². The van der Waals surface area contributed by atoms with Crippen LogP contribution in [0.4, 0.5) is 0 Å². The van der Waals surface area contributed by atoms with Gasteiger partial charge in [0.2, 0.25) is 0 Å². The van der Waals surface area contributed by atoms with Crippen molar-refractivity contribution in [3.05, 3.63) is 34.8 Å². The minimum Gasteiger partial charge on any atom is -0.479 e. The summed E-state index contributed by atoms with van der Waals surface area (Å²) in [5, 5.41) is 11.3. The fourth-order valence-corrected chi connectivity index (χ4v) is 4.16. The molecule has 9 heteroatoms. The molecule has 1 unspecified atom stereocenters. The number of amidine groups is 1. The highest BCUT2D eigenvalue weighted by Gasteiger charge is 2.41. The van der Waals surface area contributed by atoms with Gasteiger partial charge in [-0.2, -0.15) is 0 Å². The number of ether oxygens (including phenoxy) is 2. The van der Waals surface area contributed by atoms with Gasteiger partial charge in [0.05, 0.1) is 24.4 Å². The molecule has 2 rings (SSSR count). The summed E-state index contributed by atoms with van der Waals surface area (Å²) in [5.41, 5.74) is 13.0. The zero-order valence-corrected chi connectivity index (χ0v) is 21.3. The van der Waals surface area contributed by atoms with Crippen LogP contribution in [0.2, 0.25) is 0 Å². The predicted molar refractivity (Wildman–Crippen MR) is 142 cm³/mol. The smallest absolute Gasteiger partial charge is 0.339 e. The Morgan fingerprint density at radius 1 is 1.26 bits per heavy atom. The van der Waals surface area contributed by atoms with Crippen LogP contribution in [0.5, 0.6) is 0 Å². The molecule has 0 radical (unpaired) electrons. The molecule has 1 aliphatic carbocycles. The Bertz CT molecular complexity index is 872. The van der Waals surface area contributed by atoms with Gasteiger partial charge in [-0.05, 0) is 51.9 Å². The third-order valence-corrected chi connectivity index (χ3v) is 6.24. The minimum atomic E-state index is -0.586. The first-order valence-electron chi connectivity index (χ1n) is 12.6. The Kier molecular flexibility index (Phi) is 11.9. The number of nitrogens with one attached hydrogen (secondary N) is 2. The van der Waals surface area contributed by atoms with E-state index in [9.17, 15) is 4.79 Å². The molecule has 0 amide bonds. The van der Waals surface area contributed by atoms with Gasteiger partial charge in [-0.1, -0.05) is 50.7 Å². The van der Waals surface area contributed by atoms with Crippen molar-refractivity contribution >= 4 is 24.7 Å². The first-order chi connectivity index (χ1) is 16.8. The van der Waals surface area contributed by atoms with Crippen LogP contribution in [0, 0.1) is 5.41 Å². The van der Waals surface area contributed by atoms with Crippen molar-refractivity contribution < 1.29 is 14.3 Å². The lowest BCUT2D eigenvalue weighted by Gasteiger charge is -2.25. The Balaban J connectivity index is 1.75. The van der Waals surface area contributed by atoms with E-state index < -0.39 is 5.60 Å². The van der Waals surface area contributed by atoms with Gasteiger partial charge in [0.1, 0.15) is 5.60 Å². The summed E-state index contributed by atoms with van der Waals surface area (Å²) < 4.78 is 11.1. The van der Waals surface area contributed by atoms with Crippen LogP contribution in [0.3, 0.4) is 0 Å². The number of carbonyl (C=O) groups excluding carboxylic acids is 1. The lowest BCUT2D eigenvalue weighted by Crippen LogP contribution is -2.33. The quantitative estimate of drug-likeness (QED) is 0.0862. The summed E-state index contributed by atoms with van der Waals surface area (Å²) in [5.74, 6) is -0.222. The zero-order chi connectivity index (χ0) is 25.7. The second-order valence-electron chi connectivity index (χ2n) is 9.39. The average Bonchev–Trinajstić information content (AvgIpc) is 3.07. The number of aliphatic imine (C=N–C) groups is 2. The molecule has 6 N–H and O–H groups in total. The van der Waals surface area contributed by atoms with Crippen molar-refractivity contribution in [1.82, 2.24) is 5.32 Å². The monoisotopic (exact) mass is 486 g/mol. The summed E-state index contributed by atoms with van der Waals surface area (Å²) >= 11 is 0. The topological polar surface area (TPSA) is 148 Å². The summed E-state index contributed by atoms with van der Waals surface area (Å²) in [4.78, 5) is 20.0. The molecular formula is C26H42N6O3. The molecule has 0 aromatic heterocycles. The summed E-state index contributed by atoms with van der Waals surface area (Å²) in [7, 11) is 0. The molecule has 9 nitrogen and oxygen atoms in total. The zero-order valence-electron chi connectivity index (χ0n) is 21.3.